The highest BCUT2D eigenvalue weighted by Crippen LogP contribution is 2.34. The van der Waals surface area contributed by atoms with Crippen molar-refractivity contribution in [3.63, 3.8) is 0 Å². The summed E-state index contributed by atoms with van der Waals surface area (Å²) in [6.07, 6.45) is 1.41. The van der Waals surface area contributed by atoms with Crippen molar-refractivity contribution in [2.45, 2.75) is 31.9 Å². The summed E-state index contributed by atoms with van der Waals surface area (Å²) < 4.78 is 0. The summed E-state index contributed by atoms with van der Waals surface area (Å²) in [4.78, 5) is 14.1. The van der Waals surface area contributed by atoms with E-state index in [1.54, 1.807) is 6.92 Å². The Hall–Kier alpha value is -1.26. The van der Waals surface area contributed by atoms with Crippen LogP contribution in [0.15, 0.2) is 18.2 Å². The quantitative estimate of drug-likeness (QED) is 0.878. The van der Waals surface area contributed by atoms with Gasteiger partial charge in [0, 0.05) is 23.8 Å². The second kappa shape index (κ2) is 5.26. The van der Waals surface area contributed by atoms with Crippen LogP contribution in [0.4, 0.5) is 5.69 Å². The van der Waals surface area contributed by atoms with E-state index in [4.69, 9.17) is 11.6 Å². The van der Waals surface area contributed by atoms with Crippen LogP contribution < -0.4 is 10.2 Å². The molecule has 5 heteroatoms. The minimum atomic E-state index is -0.569. The number of aliphatic hydroxyl groups is 1. The molecule has 4 nitrogen and oxygen atoms in total. The monoisotopic (exact) mass is 294 g/mol. The maximum Gasteiger partial charge on any atom is 0.225 e. The summed E-state index contributed by atoms with van der Waals surface area (Å²) in [5, 5.41) is 13.2. The van der Waals surface area contributed by atoms with E-state index in [9.17, 15) is 9.90 Å². The molecular formula is C15H19ClN2O2. The van der Waals surface area contributed by atoms with Crippen LogP contribution >= 0.6 is 11.6 Å². The first-order valence-electron chi connectivity index (χ1n) is 7.10. The zero-order valence-electron chi connectivity index (χ0n) is 11.5. The lowest BCUT2D eigenvalue weighted by Gasteiger charge is -2.38. The summed E-state index contributed by atoms with van der Waals surface area (Å²) >= 11 is 6.25. The zero-order chi connectivity index (χ0) is 14.3. The Morgan fingerprint density at radius 2 is 2.30 bits per heavy atom. The summed E-state index contributed by atoms with van der Waals surface area (Å²) in [5.41, 5.74) is 1.77. The van der Waals surface area contributed by atoms with E-state index in [1.807, 2.05) is 18.2 Å². The third-order valence-corrected chi connectivity index (χ3v) is 4.69. The highest BCUT2D eigenvalue weighted by molar-refractivity contribution is 6.31. The Morgan fingerprint density at radius 1 is 1.50 bits per heavy atom. The first kappa shape index (κ1) is 13.7. The Labute approximate surface area is 123 Å². The van der Waals surface area contributed by atoms with Crippen molar-refractivity contribution >= 4 is 23.2 Å². The van der Waals surface area contributed by atoms with Gasteiger partial charge in [-0.2, -0.15) is 0 Å². The van der Waals surface area contributed by atoms with Gasteiger partial charge in [-0.05, 0) is 37.5 Å². The summed E-state index contributed by atoms with van der Waals surface area (Å²) in [6.45, 7) is 3.36. The lowest BCUT2D eigenvalue weighted by molar-refractivity contribution is -0.122. The van der Waals surface area contributed by atoms with Crippen molar-refractivity contribution in [1.29, 1.82) is 0 Å². The van der Waals surface area contributed by atoms with Crippen molar-refractivity contribution in [2.75, 3.05) is 18.0 Å². The normalized spacial score (nSPS) is 27.1. The molecule has 20 heavy (non-hydrogen) atoms. The number of fused-ring (bicyclic) bond motifs is 1. The average molecular weight is 295 g/mol. The van der Waals surface area contributed by atoms with Gasteiger partial charge in [-0.15, -0.1) is 0 Å². The molecule has 0 bridgehead atoms. The number of carbonyl (C=O) groups excluding carboxylic acids is 1. The highest BCUT2D eigenvalue weighted by Gasteiger charge is 2.40. The molecule has 2 saturated heterocycles. The Balaban J connectivity index is 1.89. The maximum atomic E-state index is 11.8. The molecule has 2 aliphatic rings. The van der Waals surface area contributed by atoms with Crippen molar-refractivity contribution in [3.05, 3.63) is 28.8 Å². The second-order valence-corrected chi connectivity index (χ2v) is 6.04. The molecule has 3 atom stereocenters. The minimum absolute atomic E-state index is 0.0963. The number of benzene rings is 1. The molecule has 1 aromatic carbocycles. The largest absolute Gasteiger partial charge is 0.389 e. The van der Waals surface area contributed by atoms with E-state index in [1.165, 1.54) is 0 Å². The average Bonchev–Trinajstić information content (AvgIpc) is 2.80. The molecule has 0 radical (unpaired) electrons. The van der Waals surface area contributed by atoms with Gasteiger partial charge in [0.15, 0.2) is 0 Å². The van der Waals surface area contributed by atoms with E-state index in [0.29, 0.717) is 11.6 Å². The number of nitrogens with one attached hydrogen (secondary N) is 1. The van der Waals surface area contributed by atoms with Crippen LogP contribution in [0.5, 0.6) is 0 Å². The molecule has 0 saturated carbocycles. The van der Waals surface area contributed by atoms with Crippen LogP contribution in [0.3, 0.4) is 0 Å². The number of amides is 1. The van der Waals surface area contributed by atoms with Gasteiger partial charge >= 0.3 is 0 Å². The molecule has 2 fully saturated rings. The molecule has 2 N–H and O–H groups in total. The maximum absolute atomic E-state index is 11.8. The number of hydrogen-bond acceptors (Lipinski definition) is 3. The van der Waals surface area contributed by atoms with E-state index in [-0.39, 0.29) is 17.9 Å². The summed E-state index contributed by atoms with van der Waals surface area (Å²) in [7, 11) is 0. The molecule has 2 heterocycles. The van der Waals surface area contributed by atoms with Gasteiger partial charge in [0.1, 0.15) is 0 Å². The van der Waals surface area contributed by atoms with Gasteiger partial charge in [-0.25, -0.2) is 0 Å². The lowest BCUT2D eigenvalue weighted by atomic mass is 9.91. The number of halogens is 1. The molecule has 1 aromatic rings. The molecule has 0 spiro atoms. The molecule has 3 unspecified atom stereocenters. The zero-order valence-corrected chi connectivity index (χ0v) is 12.2. The predicted molar refractivity (Wildman–Crippen MR) is 79.0 cm³/mol. The fourth-order valence-electron chi connectivity index (χ4n) is 3.31. The van der Waals surface area contributed by atoms with E-state index in [2.05, 4.69) is 10.2 Å². The van der Waals surface area contributed by atoms with Crippen molar-refractivity contribution in [1.82, 2.24) is 5.32 Å². The topological polar surface area (TPSA) is 52.6 Å². The number of rotatable bonds is 2. The number of aliphatic hydroxyl groups excluding tert-OH is 1. The molecule has 0 aliphatic carbocycles. The standard InChI is InChI=1S/C15H19ClN2O2/c1-9(19)11-5-4-10(7-13(11)16)18-6-2-3-12-14(18)8-17-15(12)20/h4-5,7,9,12,14,19H,2-3,6,8H2,1H3,(H,17,20). The fraction of sp³-hybridized carbons (Fsp3) is 0.533. The van der Waals surface area contributed by atoms with Crippen LogP contribution in [-0.2, 0) is 4.79 Å². The SMILES string of the molecule is CC(O)c1ccc(N2CCCC3C(=O)NCC32)cc1Cl. The molecular weight excluding hydrogens is 276 g/mol. The smallest absolute Gasteiger partial charge is 0.225 e. The van der Waals surface area contributed by atoms with Crippen LogP contribution in [0.25, 0.3) is 0 Å². The summed E-state index contributed by atoms with van der Waals surface area (Å²) in [6, 6.07) is 5.98. The van der Waals surface area contributed by atoms with Gasteiger partial charge in [0.05, 0.1) is 18.1 Å². The fourth-order valence-corrected chi connectivity index (χ4v) is 3.64. The number of anilines is 1. The van der Waals surface area contributed by atoms with E-state index >= 15 is 0 Å². The van der Waals surface area contributed by atoms with Gasteiger partial charge < -0.3 is 15.3 Å². The molecule has 1 amide bonds. The molecule has 0 aromatic heterocycles. The number of nitrogens with zero attached hydrogens (tertiary/aromatic N) is 1. The van der Waals surface area contributed by atoms with Gasteiger partial charge in [-0.1, -0.05) is 17.7 Å². The minimum Gasteiger partial charge on any atom is -0.389 e. The first-order valence-corrected chi connectivity index (χ1v) is 7.47. The Bertz CT molecular complexity index is 533. The van der Waals surface area contributed by atoms with Crippen molar-refractivity contribution in [3.8, 4) is 0 Å². The van der Waals surface area contributed by atoms with Crippen LogP contribution in [0.1, 0.15) is 31.4 Å². The second-order valence-electron chi connectivity index (χ2n) is 5.64. The van der Waals surface area contributed by atoms with E-state index < -0.39 is 6.10 Å². The molecule has 108 valence electrons. The van der Waals surface area contributed by atoms with Crippen LogP contribution in [-0.4, -0.2) is 30.1 Å². The summed E-state index contributed by atoms with van der Waals surface area (Å²) in [5.74, 6) is 0.269. The van der Waals surface area contributed by atoms with Gasteiger partial charge in [0.25, 0.3) is 0 Å². The van der Waals surface area contributed by atoms with Crippen molar-refractivity contribution < 1.29 is 9.90 Å². The first-order chi connectivity index (χ1) is 9.58. The van der Waals surface area contributed by atoms with Crippen LogP contribution in [0.2, 0.25) is 5.02 Å². The van der Waals surface area contributed by atoms with E-state index in [0.717, 1.165) is 30.6 Å². The van der Waals surface area contributed by atoms with Gasteiger partial charge in [0.2, 0.25) is 5.91 Å². The third kappa shape index (κ3) is 2.27. The number of hydrogen-bond donors (Lipinski definition) is 2. The molecule has 2 aliphatic heterocycles. The van der Waals surface area contributed by atoms with Gasteiger partial charge in [-0.3, -0.25) is 4.79 Å². The highest BCUT2D eigenvalue weighted by atomic mass is 35.5. The Morgan fingerprint density at radius 3 is 3.00 bits per heavy atom. The lowest BCUT2D eigenvalue weighted by Crippen LogP contribution is -2.45. The number of piperidine rings is 1. The Kier molecular flexibility index (Phi) is 3.61. The molecule has 3 rings (SSSR count). The number of carbonyl (C=O) groups is 1. The van der Waals surface area contributed by atoms with Crippen LogP contribution in [0, 0.1) is 5.92 Å². The predicted octanol–water partition coefficient (Wildman–Crippen LogP) is 2.11. The van der Waals surface area contributed by atoms with Crippen molar-refractivity contribution in [2.24, 2.45) is 5.92 Å². The third-order valence-electron chi connectivity index (χ3n) is 4.37.